The highest BCUT2D eigenvalue weighted by Crippen LogP contribution is 2.40. The van der Waals surface area contributed by atoms with Crippen molar-refractivity contribution in [2.24, 2.45) is 0 Å². The first-order valence-corrected chi connectivity index (χ1v) is 15.2. The minimum absolute atomic E-state index is 0.0312. The van der Waals surface area contributed by atoms with Gasteiger partial charge in [0.2, 0.25) is 5.91 Å². The van der Waals surface area contributed by atoms with Gasteiger partial charge in [-0.1, -0.05) is 11.3 Å². The van der Waals surface area contributed by atoms with Gasteiger partial charge in [-0.25, -0.2) is 4.39 Å². The van der Waals surface area contributed by atoms with E-state index in [1.54, 1.807) is 59.7 Å². The molecule has 4 aromatic rings. The van der Waals surface area contributed by atoms with E-state index >= 15 is 4.39 Å². The zero-order valence-electron chi connectivity index (χ0n) is 24.7. The second-order valence-corrected chi connectivity index (χ2v) is 11.6. The van der Waals surface area contributed by atoms with E-state index in [1.807, 2.05) is 11.0 Å². The van der Waals surface area contributed by atoms with Crippen LogP contribution < -0.4 is 4.74 Å². The van der Waals surface area contributed by atoms with Crippen molar-refractivity contribution in [3.05, 3.63) is 66.1 Å². The van der Waals surface area contributed by atoms with Crippen LogP contribution in [0.15, 0.2) is 49.1 Å². The summed E-state index contributed by atoms with van der Waals surface area (Å²) in [5.41, 5.74) is 3.08. The summed E-state index contributed by atoms with van der Waals surface area (Å²) in [4.78, 5) is 40.3. The highest BCUT2D eigenvalue weighted by molar-refractivity contribution is 6.05. The molecule has 0 bridgehead atoms. The number of benzene rings is 1. The van der Waals surface area contributed by atoms with Crippen LogP contribution in [-0.4, -0.2) is 104 Å². The van der Waals surface area contributed by atoms with E-state index in [0.29, 0.717) is 77.7 Å². The second-order valence-electron chi connectivity index (χ2n) is 11.6. The lowest BCUT2D eigenvalue weighted by Crippen LogP contribution is -2.49. The maximum absolute atomic E-state index is 16.5. The van der Waals surface area contributed by atoms with Gasteiger partial charge in [-0.15, -0.1) is 5.10 Å². The molecule has 1 saturated heterocycles. The van der Waals surface area contributed by atoms with Gasteiger partial charge in [0, 0.05) is 86.8 Å². The lowest BCUT2D eigenvalue weighted by atomic mass is 9.93. The van der Waals surface area contributed by atoms with Crippen molar-refractivity contribution in [3.8, 4) is 16.9 Å². The van der Waals surface area contributed by atoms with Crippen LogP contribution in [0.1, 0.15) is 41.7 Å². The zero-order chi connectivity index (χ0) is 30.2. The molecule has 1 aromatic carbocycles. The summed E-state index contributed by atoms with van der Waals surface area (Å²) in [7, 11) is 1.58. The normalized spacial score (nSPS) is 17.6. The molecule has 11 nitrogen and oxygen atoms in total. The number of hydrogen-bond donors (Lipinski definition) is 1. The first-order valence-electron chi connectivity index (χ1n) is 15.2. The van der Waals surface area contributed by atoms with Crippen molar-refractivity contribution in [2.45, 2.75) is 38.3 Å². The Kier molecular flexibility index (Phi) is 7.59. The summed E-state index contributed by atoms with van der Waals surface area (Å²) in [6.07, 6.45) is 12.0. The van der Waals surface area contributed by atoms with Crippen LogP contribution in [0.3, 0.4) is 0 Å². The smallest absolute Gasteiger partial charge is 0.270 e. The number of aromatic nitrogens is 5. The topological polar surface area (TPSA) is 112 Å². The van der Waals surface area contributed by atoms with Crippen LogP contribution in [0, 0.1) is 5.82 Å². The number of nitrogens with one attached hydrogen (secondary N) is 1. The monoisotopic (exact) mass is 598 g/mol. The van der Waals surface area contributed by atoms with E-state index in [0.717, 1.165) is 13.1 Å². The summed E-state index contributed by atoms with van der Waals surface area (Å²) in [6, 6.07) is 5.97. The number of amides is 2. The lowest BCUT2D eigenvalue weighted by Gasteiger charge is -2.34. The first-order chi connectivity index (χ1) is 21.5. The molecule has 12 heteroatoms. The minimum Gasteiger partial charge on any atom is -0.496 e. The quantitative estimate of drug-likeness (QED) is 0.330. The molecule has 1 N–H and O–H groups in total. The van der Waals surface area contributed by atoms with Gasteiger partial charge in [0.1, 0.15) is 11.4 Å². The number of piperazine rings is 1. The van der Waals surface area contributed by atoms with Gasteiger partial charge in [-0.3, -0.25) is 24.2 Å². The number of H-pyrrole nitrogens is 1. The average molecular weight is 599 g/mol. The van der Waals surface area contributed by atoms with Gasteiger partial charge in [0.05, 0.1) is 25.4 Å². The summed E-state index contributed by atoms with van der Waals surface area (Å²) in [5.74, 6) is -0.0296. The number of nitrogens with zero attached hydrogens (tertiary/aromatic N) is 7. The van der Waals surface area contributed by atoms with Gasteiger partial charge in [0.25, 0.3) is 5.91 Å². The molecule has 0 spiro atoms. The van der Waals surface area contributed by atoms with Crippen molar-refractivity contribution in [3.63, 3.8) is 0 Å². The molecule has 7 rings (SSSR count). The first kappa shape index (κ1) is 28.2. The Hall–Kier alpha value is -4.58. The predicted molar refractivity (Wildman–Crippen MR) is 162 cm³/mol. The van der Waals surface area contributed by atoms with E-state index in [-0.39, 0.29) is 30.3 Å². The van der Waals surface area contributed by atoms with Crippen molar-refractivity contribution >= 4 is 28.3 Å². The van der Waals surface area contributed by atoms with Gasteiger partial charge in [-0.2, -0.15) is 0 Å². The Morgan fingerprint density at radius 3 is 2.64 bits per heavy atom. The SMILES string of the molecule is COc1ccncc1-c1cc(C2=CCCN(C(=O)CCn3ccnn3)C2)c(F)c2[nH]c(C(=O)N3CCN(C4CC4)CC3)cc12. The molecule has 0 radical (unpaired) electrons. The molecule has 3 aliphatic rings. The van der Waals surface area contributed by atoms with Crippen molar-refractivity contribution < 1.29 is 18.7 Å². The Morgan fingerprint density at radius 2 is 1.89 bits per heavy atom. The van der Waals surface area contributed by atoms with E-state index in [1.165, 1.54) is 12.8 Å². The molecule has 0 atom stereocenters. The van der Waals surface area contributed by atoms with Gasteiger partial charge in [-0.05, 0) is 48.6 Å². The fraction of sp³-hybridized carbons (Fsp3) is 0.406. The van der Waals surface area contributed by atoms with E-state index in [4.69, 9.17) is 4.74 Å². The largest absolute Gasteiger partial charge is 0.496 e. The van der Waals surface area contributed by atoms with Crippen LogP contribution >= 0.6 is 0 Å². The molecular formula is C32H35FN8O3. The highest BCUT2D eigenvalue weighted by atomic mass is 19.1. The Morgan fingerprint density at radius 1 is 1.05 bits per heavy atom. The van der Waals surface area contributed by atoms with Crippen molar-refractivity contribution in [1.82, 2.24) is 39.7 Å². The summed E-state index contributed by atoms with van der Waals surface area (Å²) in [6.45, 7) is 4.27. The lowest BCUT2D eigenvalue weighted by molar-refractivity contribution is -0.131. The molecule has 2 aliphatic heterocycles. The number of carbonyl (C=O) groups excluding carboxylic acids is 2. The maximum atomic E-state index is 16.5. The second kappa shape index (κ2) is 11.8. The van der Waals surface area contributed by atoms with E-state index in [9.17, 15) is 9.59 Å². The fourth-order valence-corrected chi connectivity index (χ4v) is 6.37. The van der Waals surface area contributed by atoms with Crippen molar-refractivity contribution in [2.75, 3.05) is 46.4 Å². The predicted octanol–water partition coefficient (Wildman–Crippen LogP) is 3.60. The van der Waals surface area contributed by atoms with Crippen LogP contribution in [0.4, 0.5) is 4.39 Å². The van der Waals surface area contributed by atoms with Gasteiger partial charge < -0.3 is 19.5 Å². The molecule has 0 unspecified atom stereocenters. The molecule has 1 aliphatic carbocycles. The van der Waals surface area contributed by atoms with Crippen LogP contribution in [0.2, 0.25) is 0 Å². The van der Waals surface area contributed by atoms with E-state index in [2.05, 4.69) is 25.2 Å². The van der Waals surface area contributed by atoms with Crippen LogP contribution in [0.5, 0.6) is 5.75 Å². The Bertz CT molecular complexity index is 1720. The minimum atomic E-state index is -0.452. The number of carbonyl (C=O) groups is 2. The van der Waals surface area contributed by atoms with Crippen LogP contribution in [0.25, 0.3) is 27.6 Å². The number of aromatic amines is 1. The number of halogens is 1. The average Bonchev–Trinajstić information content (AvgIpc) is 3.59. The molecule has 1 saturated carbocycles. The summed E-state index contributed by atoms with van der Waals surface area (Å²) < 4.78 is 23.8. The number of methoxy groups -OCH3 is 1. The molecule has 5 heterocycles. The number of rotatable bonds is 8. The number of aryl methyl sites for hydroxylation is 1. The zero-order valence-corrected chi connectivity index (χ0v) is 24.7. The molecule has 228 valence electrons. The number of pyridine rings is 1. The maximum Gasteiger partial charge on any atom is 0.270 e. The third-order valence-electron chi connectivity index (χ3n) is 8.92. The third kappa shape index (κ3) is 5.45. The number of hydrogen-bond acceptors (Lipinski definition) is 7. The third-order valence-corrected chi connectivity index (χ3v) is 8.92. The molecule has 3 aromatic heterocycles. The Labute approximate surface area is 254 Å². The molecule has 2 fully saturated rings. The standard InChI is InChI=1S/C32H35FN8O3/c1-44-28-6-8-34-19-26(28)24-17-23(21-3-2-10-40(20-21)29(42)7-11-41-12-9-35-37-41)30(33)31-25(24)18-27(36-31)32(43)39-15-13-38(14-16-39)22-4-5-22/h3,6,8-9,12,17-19,22,36H,2,4-5,7,10-11,13-16,20H2,1H3. The summed E-state index contributed by atoms with van der Waals surface area (Å²) in [5, 5.41) is 8.30. The van der Waals surface area contributed by atoms with E-state index < -0.39 is 5.82 Å². The van der Waals surface area contributed by atoms with Gasteiger partial charge in [0.15, 0.2) is 5.82 Å². The fourth-order valence-electron chi connectivity index (χ4n) is 6.37. The molecule has 2 amide bonds. The number of ether oxygens (including phenoxy) is 1. The van der Waals surface area contributed by atoms with Crippen molar-refractivity contribution in [1.29, 1.82) is 0 Å². The Balaban J connectivity index is 1.22. The van der Waals surface area contributed by atoms with Crippen LogP contribution in [-0.2, 0) is 11.3 Å². The highest BCUT2D eigenvalue weighted by Gasteiger charge is 2.33. The molecular weight excluding hydrogens is 563 g/mol. The number of fused-ring (bicyclic) bond motifs is 1. The summed E-state index contributed by atoms with van der Waals surface area (Å²) >= 11 is 0. The van der Waals surface area contributed by atoms with Gasteiger partial charge >= 0.3 is 0 Å². The molecule has 44 heavy (non-hydrogen) atoms.